The predicted molar refractivity (Wildman–Crippen MR) is 89.5 cm³/mol. The zero-order valence-corrected chi connectivity index (χ0v) is 14.1. The van der Waals surface area contributed by atoms with Crippen LogP contribution >= 0.6 is 15.9 Å². The van der Waals surface area contributed by atoms with Crippen molar-refractivity contribution in [2.75, 3.05) is 13.7 Å². The third kappa shape index (κ3) is 3.33. The lowest BCUT2D eigenvalue weighted by atomic mass is 10.0. The normalized spacial score (nSPS) is 18.6. The van der Waals surface area contributed by atoms with Gasteiger partial charge in [-0.3, -0.25) is 4.90 Å². The summed E-state index contributed by atoms with van der Waals surface area (Å²) in [6.45, 7) is 1.89. The molecule has 1 atom stereocenters. The van der Waals surface area contributed by atoms with Gasteiger partial charge in [0, 0.05) is 22.6 Å². The lowest BCUT2D eigenvalue weighted by molar-refractivity contribution is 0.244. The Balaban J connectivity index is 1.82. The molecule has 4 heteroatoms. The van der Waals surface area contributed by atoms with Gasteiger partial charge < -0.3 is 4.74 Å². The quantitative estimate of drug-likeness (QED) is 0.763. The van der Waals surface area contributed by atoms with E-state index >= 15 is 0 Å². The molecule has 1 heterocycles. The maximum absolute atomic E-state index is 13.1. The molecule has 116 valence electrons. The number of ether oxygens (including phenoxy) is 1. The molecule has 1 aliphatic heterocycles. The van der Waals surface area contributed by atoms with E-state index < -0.39 is 0 Å². The van der Waals surface area contributed by atoms with Crippen LogP contribution in [0.1, 0.15) is 30.0 Å². The molecule has 0 amide bonds. The van der Waals surface area contributed by atoms with E-state index in [0.29, 0.717) is 6.04 Å². The predicted octanol–water partition coefficient (Wildman–Crippen LogP) is 4.93. The van der Waals surface area contributed by atoms with E-state index in [4.69, 9.17) is 4.74 Å². The molecule has 22 heavy (non-hydrogen) atoms. The molecule has 1 fully saturated rings. The molecule has 0 N–H and O–H groups in total. The third-order valence-electron chi connectivity index (χ3n) is 4.23. The molecule has 1 aliphatic rings. The van der Waals surface area contributed by atoms with Gasteiger partial charge in [-0.05, 0) is 55.3 Å². The summed E-state index contributed by atoms with van der Waals surface area (Å²) in [4.78, 5) is 2.44. The minimum absolute atomic E-state index is 0.179. The maximum atomic E-state index is 13.1. The van der Waals surface area contributed by atoms with Crippen molar-refractivity contribution in [2.24, 2.45) is 0 Å². The van der Waals surface area contributed by atoms with Crippen molar-refractivity contribution < 1.29 is 9.13 Å². The van der Waals surface area contributed by atoms with Crippen LogP contribution in [0.2, 0.25) is 0 Å². The minimum atomic E-state index is -0.179. The van der Waals surface area contributed by atoms with Crippen LogP contribution in [0.25, 0.3) is 0 Å². The van der Waals surface area contributed by atoms with Gasteiger partial charge in [0.2, 0.25) is 0 Å². The van der Waals surface area contributed by atoms with Gasteiger partial charge in [-0.15, -0.1) is 0 Å². The SMILES string of the molecule is COc1ccc(Br)cc1CN1CCC[C@@H]1c1ccc(F)cc1. The lowest BCUT2D eigenvalue weighted by Crippen LogP contribution is -2.23. The Hall–Kier alpha value is -1.39. The second-order valence-electron chi connectivity index (χ2n) is 5.64. The summed E-state index contributed by atoms with van der Waals surface area (Å²) in [6.07, 6.45) is 2.28. The van der Waals surface area contributed by atoms with Gasteiger partial charge in [0.1, 0.15) is 11.6 Å². The summed E-state index contributed by atoms with van der Waals surface area (Å²) in [7, 11) is 1.70. The van der Waals surface area contributed by atoms with Crippen molar-refractivity contribution in [3.63, 3.8) is 0 Å². The van der Waals surface area contributed by atoms with Gasteiger partial charge >= 0.3 is 0 Å². The molecule has 2 aromatic carbocycles. The first-order valence-electron chi connectivity index (χ1n) is 7.49. The van der Waals surface area contributed by atoms with Crippen LogP contribution in [-0.2, 0) is 6.54 Å². The van der Waals surface area contributed by atoms with Crippen molar-refractivity contribution >= 4 is 15.9 Å². The van der Waals surface area contributed by atoms with Crippen molar-refractivity contribution in [1.82, 2.24) is 4.90 Å². The molecule has 0 saturated carbocycles. The summed E-state index contributed by atoms with van der Waals surface area (Å²) >= 11 is 3.53. The summed E-state index contributed by atoms with van der Waals surface area (Å²) in [5.74, 6) is 0.731. The number of rotatable bonds is 4. The summed E-state index contributed by atoms with van der Waals surface area (Å²) in [5.41, 5.74) is 2.36. The standard InChI is InChI=1S/C18H19BrFNO/c1-22-18-9-6-15(19)11-14(18)12-21-10-2-3-17(21)13-4-7-16(20)8-5-13/h4-9,11,17H,2-3,10,12H2,1H3/t17-/m1/s1. The molecule has 2 aromatic rings. The highest BCUT2D eigenvalue weighted by atomic mass is 79.9. The van der Waals surface area contributed by atoms with Crippen molar-refractivity contribution in [2.45, 2.75) is 25.4 Å². The molecule has 0 unspecified atom stereocenters. The Bertz CT molecular complexity index is 644. The topological polar surface area (TPSA) is 12.5 Å². The maximum Gasteiger partial charge on any atom is 0.123 e. The molecule has 0 radical (unpaired) electrons. The van der Waals surface area contributed by atoms with E-state index in [1.54, 1.807) is 19.2 Å². The Morgan fingerprint density at radius 3 is 2.73 bits per heavy atom. The van der Waals surface area contributed by atoms with Gasteiger partial charge in [0.25, 0.3) is 0 Å². The average Bonchev–Trinajstić information content (AvgIpc) is 2.96. The number of hydrogen-bond donors (Lipinski definition) is 0. The second-order valence-corrected chi connectivity index (χ2v) is 6.55. The number of methoxy groups -OCH3 is 1. The minimum Gasteiger partial charge on any atom is -0.496 e. The van der Waals surface area contributed by atoms with Crippen LogP contribution in [0.5, 0.6) is 5.75 Å². The molecule has 1 saturated heterocycles. The molecule has 2 nitrogen and oxygen atoms in total. The first-order valence-corrected chi connectivity index (χ1v) is 8.28. The van der Waals surface area contributed by atoms with E-state index in [1.807, 2.05) is 24.3 Å². The van der Waals surface area contributed by atoms with Crippen LogP contribution < -0.4 is 4.74 Å². The fourth-order valence-corrected chi connectivity index (χ4v) is 3.58. The zero-order chi connectivity index (χ0) is 15.5. The van der Waals surface area contributed by atoms with Crippen LogP contribution in [-0.4, -0.2) is 18.6 Å². The van der Waals surface area contributed by atoms with E-state index in [2.05, 4.69) is 26.9 Å². The van der Waals surface area contributed by atoms with Crippen LogP contribution in [0.3, 0.4) is 0 Å². The van der Waals surface area contributed by atoms with Gasteiger partial charge in [-0.1, -0.05) is 28.1 Å². The Morgan fingerprint density at radius 2 is 2.00 bits per heavy atom. The molecular formula is C18H19BrFNO. The van der Waals surface area contributed by atoms with E-state index in [0.717, 1.165) is 29.7 Å². The number of halogens is 2. The van der Waals surface area contributed by atoms with E-state index in [1.165, 1.54) is 17.5 Å². The highest BCUT2D eigenvalue weighted by Crippen LogP contribution is 2.35. The Morgan fingerprint density at radius 1 is 1.23 bits per heavy atom. The van der Waals surface area contributed by atoms with Crippen molar-refractivity contribution in [3.05, 3.63) is 63.9 Å². The number of hydrogen-bond acceptors (Lipinski definition) is 2. The smallest absolute Gasteiger partial charge is 0.123 e. The summed E-state index contributed by atoms with van der Waals surface area (Å²) < 4.78 is 19.7. The van der Waals surface area contributed by atoms with Gasteiger partial charge in [0.15, 0.2) is 0 Å². The van der Waals surface area contributed by atoms with E-state index in [-0.39, 0.29) is 5.82 Å². The third-order valence-corrected chi connectivity index (χ3v) is 4.73. The first-order chi connectivity index (χ1) is 10.7. The molecule has 3 rings (SSSR count). The molecule has 0 aromatic heterocycles. The number of benzene rings is 2. The second kappa shape index (κ2) is 6.80. The monoisotopic (exact) mass is 363 g/mol. The largest absolute Gasteiger partial charge is 0.496 e. The Kier molecular flexibility index (Phi) is 4.79. The number of likely N-dealkylation sites (tertiary alicyclic amines) is 1. The highest BCUT2D eigenvalue weighted by Gasteiger charge is 2.26. The molecular weight excluding hydrogens is 345 g/mol. The molecule has 0 bridgehead atoms. The molecule has 0 aliphatic carbocycles. The van der Waals surface area contributed by atoms with Crippen LogP contribution in [0.15, 0.2) is 46.9 Å². The average molecular weight is 364 g/mol. The number of nitrogens with zero attached hydrogens (tertiary/aromatic N) is 1. The van der Waals surface area contributed by atoms with E-state index in [9.17, 15) is 4.39 Å². The van der Waals surface area contributed by atoms with Crippen LogP contribution in [0, 0.1) is 5.82 Å². The highest BCUT2D eigenvalue weighted by molar-refractivity contribution is 9.10. The fraction of sp³-hybridized carbons (Fsp3) is 0.333. The van der Waals surface area contributed by atoms with Gasteiger partial charge in [-0.25, -0.2) is 4.39 Å². The van der Waals surface area contributed by atoms with Crippen LogP contribution in [0.4, 0.5) is 4.39 Å². The Labute approximate surface area is 139 Å². The summed E-state index contributed by atoms with van der Waals surface area (Å²) in [5, 5.41) is 0. The van der Waals surface area contributed by atoms with Crippen molar-refractivity contribution in [1.29, 1.82) is 0 Å². The molecule has 0 spiro atoms. The lowest BCUT2D eigenvalue weighted by Gasteiger charge is -2.25. The van der Waals surface area contributed by atoms with Crippen molar-refractivity contribution in [3.8, 4) is 5.75 Å². The summed E-state index contributed by atoms with van der Waals surface area (Å²) in [6, 6.07) is 13.3. The first kappa shape index (κ1) is 15.5. The van der Waals surface area contributed by atoms with Gasteiger partial charge in [-0.2, -0.15) is 0 Å². The fourth-order valence-electron chi connectivity index (χ4n) is 3.17. The van der Waals surface area contributed by atoms with Gasteiger partial charge in [0.05, 0.1) is 7.11 Å². The zero-order valence-electron chi connectivity index (χ0n) is 12.6.